The second kappa shape index (κ2) is 7.59. The van der Waals surface area contributed by atoms with Gasteiger partial charge >= 0.3 is 0 Å². The van der Waals surface area contributed by atoms with Crippen LogP contribution in [-0.4, -0.2) is 62.0 Å². The van der Waals surface area contributed by atoms with Crippen LogP contribution < -0.4 is 16.0 Å². The Morgan fingerprint density at radius 3 is 2.40 bits per heavy atom. The molecule has 1 unspecified atom stereocenters. The summed E-state index contributed by atoms with van der Waals surface area (Å²) in [6, 6.07) is -0.496. The summed E-state index contributed by atoms with van der Waals surface area (Å²) in [4.78, 5) is 26.0. The Morgan fingerprint density at radius 2 is 1.85 bits per heavy atom. The molecule has 1 fully saturated rings. The third-order valence-corrected chi connectivity index (χ3v) is 3.36. The number of piperazine rings is 1. The maximum atomic E-state index is 11.9. The highest BCUT2D eigenvalue weighted by molar-refractivity contribution is 5.89. The standard InChI is InChI=1S/C14H28N4O2/c1-11(17-13(20)14(2,3)4)12(19)16-7-10-18-8-5-15-6-9-18/h11,15H,5-10H2,1-4H3,(H,16,19)(H,17,20). The number of nitrogens with one attached hydrogen (secondary N) is 3. The van der Waals surface area contributed by atoms with Crippen molar-refractivity contribution >= 4 is 11.8 Å². The van der Waals surface area contributed by atoms with Gasteiger partial charge in [0.1, 0.15) is 6.04 Å². The molecule has 0 radical (unpaired) electrons. The monoisotopic (exact) mass is 284 g/mol. The molecule has 6 nitrogen and oxygen atoms in total. The minimum Gasteiger partial charge on any atom is -0.353 e. The summed E-state index contributed by atoms with van der Waals surface area (Å²) < 4.78 is 0. The Kier molecular flexibility index (Phi) is 6.42. The molecule has 0 aromatic heterocycles. The lowest BCUT2D eigenvalue weighted by Crippen LogP contribution is -2.50. The lowest BCUT2D eigenvalue weighted by atomic mass is 9.95. The highest BCUT2D eigenvalue weighted by Gasteiger charge is 2.24. The second-order valence-electron chi connectivity index (χ2n) is 6.33. The van der Waals surface area contributed by atoms with E-state index >= 15 is 0 Å². The first-order valence-corrected chi connectivity index (χ1v) is 7.32. The predicted octanol–water partition coefficient (Wildman–Crippen LogP) is -0.441. The first-order chi connectivity index (χ1) is 9.30. The van der Waals surface area contributed by atoms with E-state index in [1.807, 2.05) is 20.8 Å². The van der Waals surface area contributed by atoms with Gasteiger partial charge in [-0.2, -0.15) is 0 Å². The largest absolute Gasteiger partial charge is 0.353 e. The summed E-state index contributed by atoms with van der Waals surface area (Å²) in [5, 5.41) is 8.90. The van der Waals surface area contributed by atoms with Crippen LogP contribution in [0.15, 0.2) is 0 Å². The summed E-state index contributed by atoms with van der Waals surface area (Å²) in [7, 11) is 0. The van der Waals surface area contributed by atoms with Gasteiger partial charge in [-0.15, -0.1) is 0 Å². The van der Waals surface area contributed by atoms with Crippen LogP contribution in [0.2, 0.25) is 0 Å². The van der Waals surface area contributed by atoms with Gasteiger partial charge in [-0.05, 0) is 6.92 Å². The zero-order chi connectivity index (χ0) is 15.2. The van der Waals surface area contributed by atoms with E-state index in [1.54, 1.807) is 6.92 Å². The van der Waals surface area contributed by atoms with Gasteiger partial charge in [0.15, 0.2) is 0 Å². The molecule has 0 aliphatic carbocycles. The molecule has 6 heteroatoms. The fraction of sp³-hybridized carbons (Fsp3) is 0.857. The van der Waals surface area contributed by atoms with Gasteiger partial charge in [0.05, 0.1) is 0 Å². The van der Waals surface area contributed by atoms with E-state index in [1.165, 1.54) is 0 Å². The van der Waals surface area contributed by atoms with Crippen molar-refractivity contribution in [2.75, 3.05) is 39.3 Å². The third-order valence-electron chi connectivity index (χ3n) is 3.36. The molecule has 1 aliphatic heterocycles. The molecule has 0 bridgehead atoms. The van der Waals surface area contributed by atoms with Crippen LogP contribution >= 0.6 is 0 Å². The molecule has 3 N–H and O–H groups in total. The smallest absolute Gasteiger partial charge is 0.242 e. The molecule has 1 rings (SSSR count). The number of carbonyl (C=O) groups is 2. The zero-order valence-electron chi connectivity index (χ0n) is 13.1. The second-order valence-corrected chi connectivity index (χ2v) is 6.33. The van der Waals surface area contributed by atoms with Crippen LogP contribution in [0.3, 0.4) is 0 Å². The van der Waals surface area contributed by atoms with Crippen LogP contribution in [0.25, 0.3) is 0 Å². The Morgan fingerprint density at radius 1 is 1.25 bits per heavy atom. The van der Waals surface area contributed by atoms with E-state index in [2.05, 4.69) is 20.9 Å². The molecule has 0 aromatic carbocycles. The summed E-state index contributed by atoms with van der Waals surface area (Å²) >= 11 is 0. The number of rotatable bonds is 5. The molecule has 0 saturated carbocycles. The van der Waals surface area contributed by atoms with E-state index in [4.69, 9.17) is 0 Å². The van der Waals surface area contributed by atoms with Crippen molar-refractivity contribution in [3.8, 4) is 0 Å². The lowest BCUT2D eigenvalue weighted by molar-refractivity contribution is -0.133. The fourth-order valence-electron chi connectivity index (χ4n) is 1.90. The average molecular weight is 284 g/mol. The molecule has 1 aliphatic rings. The van der Waals surface area contributed by atoms with Crippen molar-refractivity contribution in [2.45, 2.75) is 33.7 Å². The van der Waals surface area contributed by atoms with E-state index in [-0.39, 0.29) is 11.8 Å². The maximum Gasteiger partial charge on any atom is 0.242 e. The molecule has 1 atom stereocenters. The van der Waals surface area contributed by atoms with E-state index < -0.39 is 11.5 Å². The van der Waals surface area contributed by atoms with E-state index in [9.17, 15) is 9.59 Å². The first-order valence-electron chi connectivity index (χ1n) is 7.32. The van der Waals surface area contributed by atoms with Gasteiger partial charge in [-0.3, -0.25) is 14.5 Å². The normalized spacial score (nSPS) is 18.4. The number of hydrogen-bond donors (Lipinski definition) is 3. The van der Waals surface area contributed by atoms with Gasteiger partial charge in [-0.1, -0.05) is 20.8 Å². The minimum absolute atomic E-state index is 0.109. The number of amides is 2. The predicted molar refractivity (Wildman–Crippen MR) is 79.4 cm³/mol. The zero-order valence-corrected chi connectivity index (χ0v) is 13.1. The first kappa shape index (κ1) is 16.9. The molecule has 116 valence electrons. The Labute approximate surface area is 121 Å². The number of hydrogen-bond acceptors (Lipinski definition) is 4. The lowest BCUT2D eigenvalue weighted by Gasteiger charge is -2.27. The summed E-state index contributed by atoms with van der Waals surface area (Å²) in [6.45, 7) is 12.7. The van der Waals surface area contributed by atoms with Crippen LogP contribution in [0, 0.1) is 5.41 Å². The van der Waals surface area contributed by atoms with E-state index in [0.29, 0.717) is 6.54 Å². The van der Waals surface area contributed by atoms with Gasteiger partial charge in [0, 0.05) is 44.7 Å². The molecular formula is C14H28N4O2. The van der Waals surface area contributed by atoms with Crippen LogP contribution in [0.1, 0.15) is 27.7 Å². The van der Waals surface area contributed by atoms with Crippen LogP contribution in [0.4, 0.5) is 0 Å². The van der Waals surface area contributed by atoms with Crippen molar-refractivity contribution < 1.29 is 9.59 Å². The van der Waals surface area contributed by atoms with Crippen molar-refractivity contribution in [3.63, 3.8) is 0 Å². The summed E-state index contributed by atoms with van der Waals surface area (Å²) in [6.07, 6.45) is 0. The SMILES string of the molecule is CC(NC(=O)C(C)(C)C)C(=O)NCCN1CCNCC1. The molecule has 0 aromatic rings. The molecule has 1 saturated heterocycles. The Hall–Kier alpha value is -1.14. The van der Waals surface area contributed by atoms with Gasteiger partial charge in [0.2, 0.25) is 11.8 Å². The number of nitrogens with zero attached hydrogens (tertiary/aromatic N) is 1. The minimum atomic E-state index is -0.496. The number of carbonyl (C=O) groups excluding carboxylic acids is 2. The third kappa shape index (κ3) is 5.88. The van der Waals surface area contributed by atoms with Gasteiger partial charge in [-0.25, -0.2) is 0 Å². The maximum absolute atomic E-state index is 11.9. The van der Waals surface area contributed by atoms with Crippen molar-refractivity contribution in [1.82, 2.24) is 20.9 Å². The van der Waals surface area contributed by atoms with Crippen molar-refractivity contribution in [3.05, 3.63) is 0 Å². The highest BCUT2D eigenvalue weighted by atomic mass is 16.2. The molecule has 0 spiro atoms. The Bertz CT molecular complexity index is 333. The van der Waals surface area contributed by atoms with Gasteiger partial charge < -0.3 is 16.0 Å². The average Bonchev–Trinajstić information content (AvgIpc) is 2.38. The summed E-state index contributed by atoms with van der Waals surface area (Å²) in [5.74, 6) is -0.236. The van der Waals surface area contributed by atoms with Gasteiger partial charge in [0.25, 0.3) is 0 Å². The molecule has 1 heterocycles. The van der Waals surface area contributed by atoms with E-state index in [0.717, 1.165) is 32.7 Å². The Balaban J connectivity index is 2.22. The molecule has 20 heavy (non-hydrogen) atoms. The highest BCUT2D eigenvalue weighted by Crippen LogP contribution is 2.12. The van der Waals surface area contributed by atoms with Crippen molar-refractivity contribution in [2.24, 2.45) is 5.41 Å². The fourth-order valence-corrected chi connectivity index (χ4v) is 1.90. The molecular weight excluding hydrogens is 256 g/mol. The topological polar surface area (TPSA) is 73.5 Å². The quantitative estimate of drug-likeness (QED) is 0.640. The summed E-state index contributed by atoms with van der Waals surface area (Å²) in [5.41, 5.74) is -0.477. The van der Waals surface area contributed by atoms with Crippen molar-refractivity contribution in [1.29, 1.82) is 0 Å². The molecule has 2 amide bonds. The van der Waals surface area contributed by atoms with Crippen LogP contribution in [0.5, 0.6) is 0 Å². The van der Waals surface area contributed by atoms with Crippen LogP contribution in [-0.2, 0) is 9.59 Å².